The molecule has 0 atom stereocenters. The molecule has 0 amide bonds. The summed E-state index contributed by atoms with van der Waals surface area (Å²) in [5.74, 6) is -0.285. The fraction of sp³-hybridized carbons (Fsp3) is 0.278. The molecule has 3 nitrogen and oxygen atoms in total. The number of benzene rings is 1. The number of halogens is 2. The SMILES string of the molecule is COc1cc(C=Cc2ncccc2F)c(F)c(OC)c1C(C)C. The first-order valence-electron chi connectivity index (χ1n) is 7.22. The van der Waals surface area contributed by atoms with E-state index in [1.807, 2.05) is 13.8 Å². The van der Waals surface area contributed by atoms with Crippen molar-refractivity contribution in [2.45, 2.75) is 19.8 Å². The van der Waals surface area contributed by atoms with Gasteiger partial charge in [0.15, 0.2) is 11.6 Å². The van der Waals surface area contributed by atoms with Crippen LogP contribution < -0.4 is 9.47 Å². The van der Waals surface area contributed by atoms with E-state index in [0.717, 1.165) is 0 Å². The number of aromatic nitrogens is 1. The monoisotopic (exact) mass is 319 g/mol. The van der Waals surface area contributed by atoms with E-state index in [1.54, 1.807) is 6.07 Å². The summed E-state index contributed by atoms with van der Waals surface area (Å²) in [5, 5.41) is 0. The molecule has 1 aromatic carbocycles. The Kier molecular flexibility index (Phi) is 5.32. The van der Waals surface area contributed by atoms with E-state index in [1.165, 1.54) is 44.7 Å². The second kappa shape index (κ2) is 7.22. The summed E-state index contributed by atoms with van der Waals surface area (Å²) in [6, 6.07) is 4.37. The average molecular weight is 319 g/mol. The van der Waals surface area contributed by atoms with Gasteiger partial charge in [-0.3, -0.25) is 4.98 Å². The van der Waals surface area contributed by atoms with E-state index in [-0.39, 0.29) is 22.9 Å². The summed E-state index contributed by atoms with van der Waals surface area (Å²) in [5.41, 5.74) is 1.04. The van der Waals surface area contributed by atoms with Crippen molar-refractivity contribution in [3.63, 3.8) is 0 Å². The zero-order valence-electron chi connectivity index (χ0n) is 13.6. The lowest BCUT2D eigenvalue weighted by molar-refractivity contribution is 0.362. The molecule has 2 aromatic rings. The summed E-state index contributed by atoms with van der Waals surface area (Å²) in [6.07, 6.45) is 4.35. The van der Waals surface area contributed by atoms with Crippen molar-refractivity contribution in [1.29, 1.82) is 0 Å². The van der Waals surface area contributed by atoms with Crippen LogP contribution >= 0.6 is 0 Å². The quantitative estimate of drug-likeness (QED) is 0.802. The van der Waals surface area contributed by atoms with Gasteiger partial charge in [0.05, 0.1) is 19.9 Å². The first kappa shape index (κ1) is 16.9. The normalized spacial score (nSPS) is 11.3. The van der Waals surface area contributed by atoms with Gasteiger partial charge in [0.25, 0.3) is 0 Å². The van der Waals surface area contributed by atoms with Crippen LogP contribution in [0.2, 0.25) is 0 Å². The molecule has 122 valence electrons. The van der Waals surface area contributed by atoms with Crippen molar-refractivity contribution in [2.24, 2.45) is 0 Å². The maximum absolute atomic E-state index is 14.7. The maximum atomic E-state index is 14.7. The van der Waals surface area contributed by atoms with E-state index in [0.29, 0.717) is 11.3 Å². The Hall–Kier alpha value is -2.43. The minimum Gasteiger partial charge on any atom is -0.496 e. The van der Waals surface area contributed by atoms with E-state index in [4.69, 9.17) is 9.47 Å². The molecule has 0 N–H and O–H groups in total. The number of methoxy groups -OCH3 is 2. The van der Waals surface area contributed by atoms with Crippen molar-refractivity contribution >= 4 is 12.2 Å². The Labute approximate surface area is 134 Å². The molecule has 0 unspecified atom stereocenters. The van der Waals surface area contributed by atoms with Crippen LogP contribution in [-0.4, -0.2) is 19.2 Å². The van der Waals surface area contributed by atoms with Crippen LogP contribution in [0.4, 0.5) is 8.78 Å². The number of rotatable bonds is 5. The largest absolute Gasteiger partial charge is 0.496 e. The minimum atomic E-state index is -0.510. The molecule has 0 aliphatic carbocycles. The molecule has 23 heavy (non-hydrogen) atoms. The number of ether oxygens (including phenoxy) is 2. The highest BCUT2D eigenvalue weighted by molar-refractivity contribution is 5.71. The predicted molar refractivity (Wildman–Crippen MR) is 86.7 cm³/mol. The molecule has 0 aliphatic heterocycles. The molecule has 0 bridgehead atoms. The lowest BCUT2D eigenvalue weighted by Gasteiger charge is -2.18. The van der Waals surface area contributed by atoms with Gasteiger partial charge in [0.2, 0.25) is 0 Å². The lowest BCUT2D eigenvalue weighted by atomic mass is 9.97. The van der Waals surface area contributed by atoms with Gasteiger partial charge < -0.3 is 9.47 Å². The van der Waals surface area contributed by atoms with E-state index < -0.39 is 11.6 Å². The van der Waals surface area contributed by atoms with Crippen LogP contribution in [0.3, 0.4) is 0 Å². The third-order valence-electron chi connectivity index (χ3n) is 3.46. The third kappa shape index (κ3) is 3.50. The average Bonchev–Trinajstić information content (AvgIpc) is 2.54. The molecule has 5 heteroatoms. The molecular weight excluding hydrogens is 300 g/mol. The standard InChI is InChI=1S/C18H19F2NO2/c1-11(2)16-15(22-3)10-12(17(20)18(16)23-4)7-8-14-13(19)6-5-9-21-14/h5-11H,1-4H3. The summed E-state index contributed by atoms with van der Waals surface area (Å²) in [6.45, 7) is 3.86. The van der Waals surface area contributed by atoms with Crippen LogP contribution in [0, 0.1) is 11.6 Å². The molecule has 2 rings (SSSR count). The van der Waals surface area contributed by atoms with Crippen LogP contribution in [-0.2, 0) is 0 Å². The van der Waals surface area contributed by atoms with Crippen LogP contribution in [0.5, 0.6) is 11.5 Å². The smallest absolute Gasteiger partial charge is 0.172 e. The number of nitrogens with zero attached hydrogens (tertiary/aromatic N) is 1. The summed E-state index contributed by atoms with van der Waals surface area (Å²) in [7, 11) is 2.93. The van der Waals surface area contributed by atoms with Crippen molar-refractivity contribution in [1.82, 2.24) is 4.98 Å². The second-order valence-electron chi connectivity index (χ2n) is 5.29. The molecule has 0 aliphatic rings. The van der Waals surface area contributed by atoms with Gasteiger partial charge in [-0.15, -0.1) is 0 Å². The van der Waals surface area contributed by atoms with Crippen LogP contribution in [0.25, 0.3) is 12.2 Å². The fourth-order valence-corrected chi connectivity index (χ4v) is 2.37. The first-order chi connectivity index (χ1) is 11.0. The highest BCUT2D eigenvalue weighted by atomic mass is 19.1. The van der Waals surface area contributed by atoms with Crippen LogP contribution in [0.1, 0.15) is 36.6 Å². The Morgan fingerprint density at radius 2 is 1.87 bits per heavy atom. The fourth-order valence-electron chi connectivity index (χ4n) is 2.37. The number of hydrogen-bond acceptors (Lipinski definition) is 3. The minimum absolute atomic E-state index is 0.0284. The van der Waals surface area contributed by atoms with Gasteiger partial charge >= 0.3 is 0 Å². The van der Waals surface area contributed by atoms with Crippen molar-refractivity contribution in [3.05, 3.63) is 52.9 Å². The summed E-state index contributed by atoms with van der Waals surface area (Å²) >= 11 is 0. The van der Waals surface area contributed by atoms with Crippen molar-refractivity contribution in [2.75, 3.05) is 14.2 Å². The summed E-state index contributed by atoms with van der Waals surface area (Å²) < 4.78 is 38.8. The zero-order chi connectivity index (χ0) is 17.0. The highest BCUT2D eigenvalue weighted by Gasteiger charge is 2.21. The molecule has 0 radical (unpaired) electrons. The zero-order valence-corrected chi connectivity index (χ0v) is 13.6. The second-order valence-corrected chi connectivity index (χ2v) is 5.29. The Bertz CT molecular complexity index is 727. The molecule has 0 saturated carbocycles. The van der Waals surface area contributed by atoms with Gasteiger partial charge in [-0.1, -0.05) is 13.8 Å². The predicted octanol–water partition coefficient (Wildman–Crippen LogP) is 4.67. The molecule has 0 fully saturated rings. The third-order valence-corrected chi connectivity index (χ3v) is 3.46. The van der Waals surface area contributed by atoms with Gasteiger partial charge in [0.1, 0.15) is 11.6 Å². The topological polar surface area (TPSA) is 31.4 Å². The van der Waals surface area contributed by atoms with Crippen LogP contribution in [0.15, 0.2) is 24.4 Å². The highest BCUT2D eigenvalue weighted by Crippen LogP contribution is 2.39. The molecular formula is C18H19F2NO2. The van der Waals surface area contributed by atoms with E-state index in [9.17, 15) is 8.78 Å². The lowest BCUT2D eigenvalue weighted by Crippen LogP contribution is -2.03. The van der Waals surface area contributed by atoms with Gasteiger partial charge in [-0.25, -0.2) is 8.78 Å². The van der Waals surface area contributed by atoms with E-state index in [2.05, 4.69) is 4.98 Å². The van der Waals surface area contributed by atoms with Gasteiger partial charge in [-0.2, -0.15) is 0 Å². The van der Waals surface area contributed by atoms with Crippen molar-refractivity contribution in [3.8, 4) is 11.5 Å². The summed E-state index contributed by atoms with van der Waals surface area (Å²) in [4.78, 5) is 3.91. The van der Waals surface area contributed by atoms with Gasteiger partial charge in [-0.05, 0) is 36.3 Å². The maximum Gasteiger partial charge on any atom is 0.172 e. The Morgan fingerprint density at radius 1 is 1.13 bits per heavy atom. The first-order valence-corrected chi connectivity index (χ1v) is 7.22. The molecule has 0 spiro atoms. The molecule has 1 heterocycles. The van der Waals surface area contributed by atoms with Gasteiger partial charge in [0, 0.05) is 17.3 Å². The molecule has 0 saturated heterocycles. The van der Waals surface area contributed by atoms with E-state index >= 15 is 0 Å². The Morgan fingerprint density at radius 3 is 2.43 bits per heavy atom. The Balaban J connectivity index is 2.53. The molecule has 1 aromatic heterocycles. The van der Waals surface area contributed by atoms with Crippen molar-refractivity contribution < 1.29 is 18.3 Å². The number of hydrogen-bond donors (Lipinski definition) is 0. The number of pyridine rings is 1.